The minimum Gasteiger partial charge on any atom is -0.366 e. The van der Waals surface area contributed by atoms with E-state index in [9.17, 15) is 4.79 Å². The van der Waals surface area contributed by atoms with Gasteiger partial charge in [0, 0.05) is 32.7 Å². The summed E-state index contributed by atoms with van der Waals surface area (Å²) in [7, 11) is 1.79. The summed E-state index contributed by atoms with van der Waals surface area (Å²) >= 11 is 0. The molecule has 2 atom stereocenters. The molecule has 0 aromatic heterocycles. The fraction of sp³-hybridized carbons (Fsp3) is 0.909. The highest BCUT2D eigenvalue weighted by atomic mass is 35.5. The Hall–Kier alpha value is -0.0700. The molecule has 5 nitrogen and oxygen atoms in total. The van der Waals surface area contributed by atoms with E-state index in [1.54, 1.807) is 11.9 Å². The van der Waals surface area contributed by atoms with Gasteiger partial charge in [-0.15, -0.1) is 24.8 Å². The van der Waals surface area contributed by atoms with Crippen molar-refractivity contribution in [1.82, 2.24) is 9.80 Å². The Bertz CT molecular complexity index is 244. The Morgan fingerprint density at radius 1 is 1.56 bits per heavy atom. The summed E-state index contributed by atoms with van der Waals surface area (Å²) < 4.78 is 5.51. The Kier molecular flexibility index (Phi) is 11.0. The molecule has 1 rings (SSSR count). The zero-order valence-electron chi connectivity index (χ0n) is 11.3. The van der Waals surface area contributed by atoms with Gasteiger partial charge in [-0.05, 0) is 13.5 Å². The molecule has 0 aliphatic carbocycles. The number of carbonyl (C=O) groups is 1. The molecule has 0 saturated carbocycles. The number of ether oxygens (including phenoxy) is 1. The van der Waals surface area contributed by atoms with Crippen molar-refractivity contribution in [3.8, 4) is 0 Å². The van der Waals surface area contributed by atoms with E-state index in [4.69, 9.17) is 10.5 Å². The smallest absolute Gasteiger partial charge is 0.253 e. The molecule has 1 fully saturated rings. The largest absolute Gasteiger partial charge is 0.366 e. The van der Waals surface area contributed by atoms with Gasteiger partial charge in [-0.1, -0.05) is 6.92 Å². The average molecular weight is 302 g/mol. The zero-order valence-corrected chi connectivity index (χ0v) is 12.9. The summed E-state index contributed by atoms with van der Waals surface area (Å²) in [6.45, 7) is 7.72. The van der Waals surface area contributed by atoms with Gasteiger partial charge in [0.25, 0.3) is 5.91 Å². The van der Waals surface area contributed by atoms with Crippen LogP contribution in [0.5, 0.6) is 0 Å². The fourth-order valence-corrected chi connectivity index (χ4v) is 1.74. The summed E-state index contributed by atoms with van der Waals surface area (Å²) in [6.07, 6.45) is -0.326. The number of hydrogen-bond donors (Lipinski definition) is 1. The van der Waals surface area contributed by atoms with E-state index in [1.165, 1.54) is 0 Å². The molecule has 1 heterocycles. The third kappa shape index (κ3) is 5.28. The van der Waals surface area contributed by atoms with Crippen LogP contribution in [0, 0.1) is 0 Å². The summed E-state index contributed by atoms with van der Waals surface area (Å²) in [6, 6.07) is 0.0631. The van der Waals surface area contributed by atoms with Gasteiger partial charge in [-0.3, -0.25) is 9.69 Å². The predicted molar refractivity (Wildman–Crippen MR) is 77.6 cm³/mol. The van der Waals surface area contributed by atoms with Crippen LogP contribution in [0.25, 0.3) is 0 Å². The molecule has 1 aliphatic heterocycles. The third-order valence-electron chi connectivity index (χ3n) is 3.22. The van der Waals surface area contributed by atoms with E-state index in [-0.39, 0.29) is 42.9 Å². The Balaban J connectivity index is 0. The summed E-state index contributed by atoms with van der Waals surface area (Å²) in [4.78, 5) is 16.0. The first-order chi connectivity index (χ1) is 7.60. The Labute approximate surface area is 122 Å². The second-order valence-corrected chi connectivity index (χ2v) is 4.29. The van der Waals surface area contributed by atoms with Gasteiger partial charge in [-0.25, -0.2) is 0 Å². The summed E-state index contributed by atoms with van der Waals surface area (Å²) in [5, 5.41) is 0. The monoisotopic (exact) mass is 301 g/mol. The second-order valence-electron chi connectivity index (χ2n) is 4.29. The molecular weight excluding hydrogens is 277 g/mol. The van der Waals surface area contributed by atoms with Gasteiger partial charge in [0.1, 0.15) is 6.10 Å². The van der Waals surface area contributed by atoms with Crippen LogP contribution < -0.4 is 5.73 Å². The molecule has 18 heavy (non-hydrogen) atoms. The molecule has 0 bridgehead atoms. The van der Waals surface area contributed by atoms with Gasteiger partial charge in [0.15, 0.2) is 0 Å². The average Bonchev–Trinajstić information content (AvgIpc) is 2.36. The SMILES string of the molecule is CCN1CCOC(C(=O)N(C)C(C)CN)C1.Cl.Cl. The van der Waals surface area contributed by atoms with Crippen LogP contribution >= 0.6 is 24.8 Å². The van der Waals surface area contributed by atoms with Crippen molar-refractivity contribution >= 4 is 30.7 Å². The lowest BCUT2D eigenvalue weighted by Crippen LogP contribution is -2.52. The lowest BCUT2D eigenvalue weighted by atomic mass is 10.2. The van der Waals surface area contributed by atoms with Crippen LogP contribution in [-0.4, -0.2) is 67.7 Å². The minimum atomic E-state index is -0.326. The quantitative estimate of drug-likeness (QED) is 0.814. The predicted octanol–water partition coefficient (Wildman–Crippen LogP) is 0.356. The lowest BCUT2D eigenvalue weighted by molar-refractivity contribution is -0.149. The number of likely N-dealkylation sites (N-methyl/N-ethyl adjacent to an activating group) is 2. The Morgan fingerprint density at radius 2 is 2.17 bits per heavy atom. The maximum absolute atomic E-state index is 12.1. The number of halogens is 2. The van der Waals surface area contributed by atoms with Crippen molar-refractivity contribution in [2.45, 2.75) is 26.0 Å². The van der Waals surface area contributed by atoms with Gasteiger partial charge in [-0.2, -0.15) is 0 Å². The number of nitrogens with zero attached hydrogens (tertiary/aromatic N) is 2. The molecule has 1 aliphatic rings. The molecule has 1 saturated heterocycles. The van der Waals surface area contributed by atoms with Crippen LogP contribution in [0.15, 0.2) is 0 Å². The lowest BCUT2D eigenvalue weighted by Gasteiger charge is -2.34. The van der Waals surface area contributed by atoms with Crippen molar-refractivity contribution < 1.29 is 9.53 Å². The number of carbonyl (C=O) groups excluding carboxylic acids is 1. The number of hydrogen-bond acceptors (Lipinski definition) is 4. The minimum absolute atomic E-state index is 0. The molecule has 0 aromatic rings. The number of morpholine rings is 1. The number of rotatable bonds is 4. The number of amides is 1. The molecule has 0 radical (unpaired) electrons. The summed E-state index contributed by atoms with van der Waals surface area (Å²) in [5.74, 6) is 0.0381. The van der Waals surface area contributed by atoms with E-state index >= 15 is 0 Å². The topological polar surface area (TPSA) is 58.8 Å². The van der Waals surface area contributed by atoms with Crippen LogP contribution in [0.3, 0.4) is 0 Å². The standard InChI is InChI=1S/C11H23N3O2.2ClH/c1-4-14-5-6-16-10(8-14)11(15)13(3)9(2)7-12;;/h9-10H,4-8,12H2,1-3H3;2*1H. The molecule has 1 amide bonds. The first kappa shape index (κ1) is 20.3. The van der Waals surface area contributed by atoms with Crippen molar-refractivity contribution in [3.05, 3.63) is 0 Å². The van der Waals surface area contributed by atoms with Gasteiger partial charge >= 0.3 is 0 Å². The van der Waals surface area contributed by atoms with Crippen LogP contribution in [0.1, 0.15) is 13.8 Å². The molecule has 110 valence electrons. The van der Waals surface area contributed by atoms with Crippen molar-refractivity contribution in [3.63, 3.8) is 0 Å². The first-order valence-electron chi connectivity index (χ1n) is 5.90. The molecule has 2 N–H and O–H groups in total. The number of nitrogens with two attached hydrogens (primary N) is 1. The normalized spacial score (nSPS) is 21.4. The first-order valence-corrected chi connectivity index (χ1v) is 5.90. The highest BCUT2D eigenvalue weighted by Gasteiger charge is 2.29. The van der Waals surface area contributed by atoms with E-state index in [1.807, 2.05) is 6.92 Å². The second kappa shape index (κ2) is 9.81. The maximum Gasteiger partial charge on any atom is 0.253 e. The maximum atomic E-state index is 12.1. The van der Waals surface area contributed by atoms with Crippen molar-refractivity contribution in [2.75, 3.05) is 39.8 Å². The van der Waals surface area contributed by atoms with Gasteiger partial charge in [0.2, 0.25) is 0 Å². The third-order valence-corrected chi connectivity index (χ3v) is 3.22. The Morgan fingerprint density at radius 3 is 2.67 bits per heavy atom. The molecule has 2 unspecified atom stereocenters. The van der Waals surface area contributed by atoms with Crippen LogP contribution in [0.4, 0.5) is 0 Å². The highest BCUT2D eigenvalue weighted by molar-refractivity contribution is 5.85. The van der Waals surface area contributed by atoms with E-state index in [2.05, 4.69) is 11.8 Å². The molecular formula is C11H25Cl2N3O2. The molecule has 7 heteroatoms. The van der Waals surface area contributed by atoms with Gasteiger partial charge in [0.05, 0.1) is 6.61 Å². The highest BCUT2D eigenvalue weighted by Crippen LogP contribution is 2.09. The summed E-state index contributed by atoms with van der Waals surface area (Å²) in [5.41, 5.74) is 5.55. The zero-order chi connectivity index (χ0) is 12.1. The van der Waals surface area contributed by atoms with Crippen molar-refractivity contribution in [2.24, 2.45) is 5.73 Å². The van der Waals surface area contributed by atoms with Gasteiger partial charge < -0.3 is 15.4 Å². The molecule has 0 spiro atoms. The molecule has 0 aromatic carbocycles. The van der Waals surface area contributed by atoms with E-state index in [0.717, 1.165) is 13.1 Å². The van der Waals surface area contributed by atoms with Crippen LogP contribution in [0.2, 0.25) is 0 Å². The van der Waals surface area contributed by atoms with E-state index in [0.29, 0.717) is 19.7 Å². The van der Waals surface area contributed by atoms with E-state index < -0.39 is 0 Å². The van der Waals surface area contributed by atoms with Crippen LogP contribution in [-0.2, 0) is 9.53 Å². The van der Waals surface area contributed by atoms with Crippen molar-refractivity contribution in [1.29, 1.82) is 0 Å². The fourth-order valence-electron chi connectivity index (χ4n) is 1.74.